The number of methoxy groups -OCH3 is 1. The number of benzene rings is 3. The Morgan fingerprint density at radius 1 is 1.03 bits per heavy atom. The highest BCUT2D eigenvalue weighted by Crippen LogP contribution is 2.38. The second-order valence-corrected chi connectivity index (χ2v) is 9.31. The molecule has 0 fully saturated rings. The van der Waals surface area contributed by atoms with E-state index in [1.807, 2.05) is 24.3 Å². The third-order valence-electron chi connectivity index (χ3n) is 4.68. The van der Waals surface area contributed by atoms with Crippen LogP contribution in [0.1, 0.15) is 24.1 Å². The van der Waals surface area contributed by atoms with E-state index in [0.29, 0.717) is 17.0 Å². The van der Waals surface area contributed by atoms with Gasteiger partial charge in [-0.3, -0.25) is 4.31 Å². The predicted molar refractivity (Wildman–Crippen MR) is 116 cm³/mol. The molecule has 0 saturated carbocycles. The van der Waals surface area contributed by atoms with Crippen LogP contribution in [-0.2, 0) is 10.0 Å². The molecule has 29 heavy (non-hydrogen) atoms. The van der Waals surface area contributed by atoms with Crippen LogP contribution in [-0.4, -0.2) is 15.5 Å². The SMILES string of the molecule is COc1ccccc1C(C)N(c1cccc(Br)c1)S(=O)(=O)c1ccc(F)cc1C. The molecule has 0 spiro atoms. The Morgan fingerprint density at radius 3 is 2.41 bits per heavy atom. The molecule has 3 rings (SSSR count). The lowest BCUT2D eigenvalue weighted by Gasteiger charge is -2.32. The number of para-hydroxylation sites is 1. The van der Waals surface area contributed by atoms with Gasteiger partial charge in [-0.05, 0) is 61.9 Å². The fraction of sp³-hybridized carbons (Fsp3) is 0.182. The maximum absolute atomic E-state index is 13.7. The minimum Gasteiger partial charge on any atom is -0.496 e. The zero-order valence-electron chi connectivity index (χ0n) is 16.3. The van der Waals surface area contributed by atoms with Crippen molar-refractivity contribution < 1.29 is 17.5 Å². The second kappa shape index (κ2) is 8.55. The van der Waals surface area contributed by atoms with Crippen molar-refractivity contribution in [3.63, 3.8) is 0 Å². The molecule has 7 heteroatoms. The van der Waals surface area contributed by atoms with Crippen molar-refractivity contribution in [3.8, 4) is 5.75 Å². The average Bonchev–Trinajstić information content (AvgIpc) is 2.67. The summed E-state index contributed by atoms with van der Waals surface area (Å²) in [6, 6.07) is 17.5. The van der Waals surface area contributed by atoms with Gasteiger partial charge in [-0.25, -0.2) is 12.8 Å². The van der Waals surface area contributed by atoms with E-state index in [1.54, 1.807) is 45.2 Å². The van der Waals surface area contributed by atoms with E-state index in [0.717, 1.165) is 16.1 Å². The Labute approximate surface area is 179 Å². The fourth-order valence-corrected chi connectivity index (χ4v) is 5.56. The molecular weight excluding hydrogens is 457 g/mol. The molecule has 0 aliphatic heterocycles. The van der Waals surface area contributed by atoms with Crippen LogP contribution >= 0.6 is 15.9 Å². The van der Waals surface area contributed by atoms with Crippen LogP contribution in [0.5, 0.6) is 5.75 Å². The number of nitrogens with zero attached hydrogens (tertiary/aromatic N) is 1. The van der Waals surface area contributed by atoms with Crippen LogP contribution in [0.25, 0.3) is 0 Å². The van der Waals surface area contributed by atoms with E-state index in [4.69, 9.17) is 4.74 Å². The first-order valence-corrected chi connectivity index (χ1v) is 11.2. The topological polar surface area (TPSA) is 46.6 Å². The predicted octanol–water partition coefficient (Wildman–Crippen LogP) is 5.86. The van der Waals surface area contributed by atoms with Crippen molar-refractivity contribution in [3.05, 3.63) is 88.1 Å². The van der Waals surface area contributed by atoms with E-state index in [9.17, 15) is 12.8 Å². The van der Waals surface area contributed by atoms with Crippen molar-refractivity contribution in [1.82, 2.24) is 0 Å². The van der Waals surface area contributed by atoms with Crippen LogP contribution in [0, 0.1) is 12.7 Å². The third-order valence-corrected chi connectivity index (χ3v) is 7.23. The van der Waals surface area contributed by atoms with Gasteiger partial charge in [-0.15, -0.1) is 0 Å². The molecule has 0 N–H and O–H groups in total. The van der Waals surface area contributed by atoms with Gasteiger partial charge >= 0.3 is 0 Å². The van der Waals surface area contributed by atoms with Crippen molar-refractivity contribution in [2.24, 2.45) is 0 Å². The van der Waals surface area contributed by atoms with E-state index in [-0.39, 0.29) is 4.90 Å². The number of halogens is 2. The lowest BCUT2D eigenvalue weighted by molar-refractivity contribution is 0.407. The van der Waals surface area contributed by atoms with Gasteiger partial charge in [0, 0.05) is 10.0 Å². The van der Waals surface area contributed by atoms with Crippen LogP contribution in [0.4, 0.5) is 10.1 Å². The van der Waals surface area contributed by atoms with Crippen molar-refractivity contribution in [2.45, 2.75) is 24.8 Å². The molecule has 152 valence electrons. The van der Waals surface area contributed by atoms with Gasteiger partial charge < -0.3 is 4.74 Å². The summed E-state index contributed by atoms with van der Waals surface area (Å²) in [5, 5.41) is 0. The second-order valence-electron chi connectivity index (χ2n) is 6.61. The van der Waals surface area contributed by atoms with E-state index >= 15 is 0 Å². The smallest absolute Gasteiger partial charge is 0.265 e. The number of aryl methyl sites for hydroxylation is 1. The van der Waals surface area contributed by atoms with Gasteiger partial charge in [0.05, 0.1) is 23.7 Å². The van der Waals surface area contributed by atoms with Gasteiger partial charge in [0.1, 0.15) is 11.6 Å². The minimum atomic E-state index is -4.00. The molecule has 0 aliphatic carbocycles. The summed E-state index contributed by atoms with van der Waals surface area (Å²) in [5.74, 6) is 0.110. The molecule has 0 bridgehead atoms. The van der Waals surface area contributed by atoms with Crippen LogP contribution in [0.3, 0.4) is 0 Å². The Balaban J connectivity index is 2.23. The van der Waals surface area contributed by atoms with Gasteiger partial charge in [0.25, 0.3) is 10.0 Å². The first kappa shape index (κ1) is 21.3. The number of sulfonamides is 1. The van der Waals surface area contributed by atoms with Crippen LogP contribution in [0.2, 0.25) is 0 Å². The first-order chi connectivity index (χ1) is 13.8. The number of hydrogen-bond acceptors (Lipinski definition) is 3. The van der Waals surface area contributed by atoms with Crippen molar-refractivity contribution >= 4 is 31.6 Å². The molecular formula is C22H21BrFNO3S. The zero-order chi connectivity index (χ0) is 21.2. The Kier molecular flexibility index (Phi) is 6.29. The lowest BCUT2D eigenvalue weighted by Crippen LogP contribution is -2.34. The van der Waals surface area contributed by atoms with Crippen molar-refractivity contribution in [2.75, 3.05) is 11.4 Å². The number of anilines is 1. The Hall–Kier alpha value is -2.38. The molecule has 4 nitrogen and oxygen atoms in total. The molecule has 0 aromatic heterocycles. The van der Waals surface area contributed by atoms with Gasteiger partial charge in [-0.1, -0.05) is 40.2 Å². The molecule has 1 atom stereocenters. The van der Waals surface area contributed by atoms with Crippen molar-refractivity contribution in [1.29, 1.82) is 0 Å². The summed E-state index contributed by atoms with van der Waals surface area (Å²) in [4.78, 5) is 0.0561. The molecule has 0 heterocycles. The standard InChI is InChI=1S/C22H21BrFNO3S/c1-15-13-18(24)11-12-22(15)29(26,27)25(19-8-6-7-17(23)14-19)16(2)20-9-4-5-10-21(20)28-3/h4-14,16H,1-3H3. The molecule has 0 amide bonds. The number of hydrogen-bond donors (Lipinski definition) is 0. The highest BCUT2D eigenvalue weighted by molar-refractivity contribution is 9.10. The quantitative estimate of drug-likeness (QED) is 0.446. The molecule has 1 unspecified atom stereocenters. The molecule has 0 saturated heterocycles. The lowest BCUT2D eigenvalue weighted by atomic mass is 10.1. The maximum Gasteiger partial charge on any atom is 0.265 e. The summed E-state index contributed by atoms with van der Waals surface area (Å²) < 4.78 is 48.6. The number of ether oxygens (including phenoxy) is 1. The summed E-state index contributed by atoms with van der Waals surface area (Å²) >= 11 is 3.42. The first-order valence-electron chi connectivity index (χ1n) is 8.94. The molecule has 3 aromatic rings. The van der Waals surface area contributed by atoms with Gasteiger partial charge in [0.2, 0.25) is 0 Å². The molecule has 3 aromatic carbocycles. The van der Waals surface area contributed by atoms with E-state index in [2.05, 4.69) is 15.9 Å². The average molecular weight is 478 g/mol. The molecule has 0 aliphatic rings. The summed E-state index contributed by atoms with van der Waals surface area (Å²) in [6.45, 7) is 3.39. The number of rotatable bonds is 6. The highest BCUT2D eigenvalue weighted by Gasteiger charge is 2.33. The maximum atomic E-state index is 13.7. The van der Waals surface area contributed by atoms with Crippen LogP contribution in [0.15, 0.2) is 76.1 Å². The van der Waals surface area contributed by atoms with E-state index in [1.165, 1.54) is 16.4 Å². The van der Waals surface area contributed by atoms with Gasteiger partial charge in [0.15, 0.2) is 0 Å². The Bertz CT molecular complexity index is 1130. The minimum absolute atomic E-state index is 0.0561. The van der Waals surface area contributed by atoms with Gasteiger partial charge in [-0.2, -0.15) is 0 Å². The summed E-state index contributed by atoms with van der Waals surface area (Å²) in [7, 11) is -2.45. The largest absolute Gasteiger partial charge is 0.496 e. The molecule has 0 radical (unpaired) electrons. The highest BCUT2D eigenvalue weighted by atomic mass is 79.9. The fourth-order valence-electron chi connectivity index (χ4n) is 3.33. The summed E-state index contributed by atoms with van der Waals surface area (Å²) in [6.07, 6.45) is 0. The zero-order valence-corrected chi connectivity index (χ0v) is 18.7. The Morgan fingerprint density at radius 2 is 1.76 bits per heavy atom. The third kappa shape index (κ3) is 4.31. The summed E-state index contributed by atoms with van der Waals surface area (Å²) in [5.41, 5.74) is 1.55. The van der Waals surface area contributed by atoms with E-state index < -0.39 is 21.9 Å². The van der Waals surface area contributed by atoms with Crippen LogP contribution < -0.4 is 9.04 Å². The monoisotopic (exact) mass is 477 g/mol. The normalized spacial score (nSPS) is 12.4.